The van der Waals surface area contributed by atoms with E-state index < -0.39 is 29.8 Å². The summed E-state index contributed by atoms with van der Waals surface area (Å²) in [4.78, 5) is 26.9. The molecule has 2 aromatic rings. The molecular formula is C23H27FN4O5. The van der Waals surface area contributed by atoms with E-state index in [1.165, 1.54) is 17.0 Å². The molecule has 9 nitrogen and oxygen atoms in total. The molecule has 0 spiro atoms. The maximum Gasteiger partial charge on any atom is 0.259 e. The lowest BCUT2D eigenvalue weighted by Crippen LogP contribution is -2.55. The minimum atomic E-state index is -1.86. The number of hydrogen-bond acceptors (Lipinski definition) is 6. The van der Waals surface area contributed by atoms with E-state index in [1.54, 1.807) is 0 Å². The lowest BCUT2D eigenvalue weighted by atomic mass is 9.87. The number of anilines is 2. The number of aliphatic hydroxyl groups excluding tert-OH is 1. The zero-order chi connectivity index (χ0) is 24.3. The van der Waals surface area contributed by atoms with E-state index in [1.807, 2.05) is 24.3 Å². The van der Waals surface area contributed by atoms with Gasteiger partial charge in [0.05, 0.1) is 12.3 Å². The van der Waals surface area contributed by atoms with Gasteiger partial charge in [-0.1, -0.05) is 38.1 Å². The highest BCUT2D eigenvalue weighted by Gasteiger charge is 2.39. The van der Waals surface area contributed by atoms with Gasteiger partial charge in [-0.05, 0) is 41.3 Å². The first kappa shape index (κ1) is 24.1. The predicted octanol–water partition coefficient (Wildman–Crippen LogP) is 1.95. The van der Waals surface area contributed by atoms with Crippen LogP contribution in [0, 0.1) is 5.82 Å². The van der Waals surface area contributed by atoms with Gasteiger partial charge >= 0.3 is 0 Å². The zero-order valence-corrected chi connectivity index (χ0v) is 18.6. The number of amides is 2. The largest absolute Gasteiger partial charge is 0.409 e. The van der Waals surface area contributed by atoms with Gasteiger partial charge in [-0.25, -0.2) is 4.39 Å². The number of oxime groups is 1. The first-order valence-electron chi connectivity index (χ1n) is 10.3. The van der Waals surface area contributed by atoms with Crippen LogP contribution in [0.5, 0.6) is 0 Å². The fraction of sp³-hybridized carbons (Fsp3) is 0.348. The molecule has 2 aromatic carbocycles. The highest BCUT2D eigenvalue weighted by Crippen LogP contribution is 2.27. The summed E-state index contributed by atoms with van der Waals surface area (Å²) >= 11 is 0. The number of nitrogens with one attached hydrogen (secondary N) is 1. The van der Waals surface area contributed by atoms with E-state index >= 15 is 0 Å². The summed E-state index contributed by atoms with van der Waals surface area (Å²) < 4.78 is 19.7. The molecule has 5 N–H and O–H groups in total. The second kappa shape index (κ2) is 9.55. The third-order valence-electron chi connectivity index (χ3n) is 5.35. The summed E-state index contributed by atoms with van der Waals surface area (Å²) in [5.74, 6) is -2.75. The smallest absolute Gasteiger partial charge is 0.259 e. The summed E-state index contributed by atoms with van der Waals surface area (Å²) in [6.07, 6.45) is -3.31. The van der Waals surface area contributed by atoms with Gasteiger partial charge in [-0.3, -0.25) is 9.59 Å². The average molecular weight is 458 g/mol. The molecular weight excluding hydrogens is 431 g/mol. The molecule has 2 atom stereocenters. The van der Waals surface area contributed by atoms with Gasteiger partial charge in [0.15, 0.2) is 18.0 Å². The summed E-state index contributed by atoms with van der Waals surface area (Å²) in [5.41, 5.74) is 6.95. The molecule has 10 heteroatoms. The van der Waals surface area contributed by atoms with Crippen LogP contribution in [0.25, 0.3) is 0 Å². The molecule has 1 heterocycles. The topological polar surface area (TPSA) is 137 Å². The predicted molar refractivity (Wildman–Crippen MR) is 121 cm³/mol. The first-order chi connectivity index (χ1) is 15.5. The fourth-order valence-corrected chi connectivity index (χ4v) is 3.41. The van der Waals surface area contributed by atoms with Crippen molar-refractivity contribution in [2.75, 3.05) is 23.4 Å². The molecule has 1 aliphatic rings. The normalized spacial score (nSPS) is 18.2. The summed E-state index contributed by atoms with van der Waals surface area (Å²) in [5, 5.41) is 24.2. The van der Waals surface area contributed by atoms with Crippen LogP contribution in [0.3, 0.4) is 0 Å². The van der Waals surface area contributed by atoms with Crippen molar-refractivity contribution in [3.8, 4) is 0 Å². The van der Waals surface area contributed by atoms with Crippen molar-refractivity contribution in [1.29, 1.82) is 0 Å². The van der Waals surface area contributed by atoms with E-state index in [2.05, 4.69) is 31.2 Å². The lowest BCUT2D eigenvalue weighted by molar-refractivity contribution is -0.150. The molecule has 0 aromatic heterocycles. The molecule has 0 aliphatic carbocycles. The van der Waals surface area contributed by atoms with Crippen LogP contribution in [0.1, 0.15) is 31.9 Å². The van der Waals surface area contributed by atoms with E-state index in [4.69, 9.17) is 15.7 Å². The summed E-state index contributed by atoms with van der Waals surface area (Å²) in [6, 6.07) is 11.0. The number of rotatable bonds is 5. The Morgan fingerprint density at radius 3 is 2.52 bits per heavy atom. The fourth-order valence-electron chi connectivity index (χ4n) is 3.41. The Kier molecular flexibility index (Phi) is 6.99. The van der Waals surface area contributed by atoms with Crippen LogP contribution in [-0.2, 0) is 19.7 Å². The minimum absolute atomic E-state index is 0.0472. The molecule has 0 bridgehead atoms. The summed E-state index contributed by atoms with van der Waals surface area (Å²) in [7, 11) is 0. The highest BCUT2D eigenvalue weighted by molar-refractivity contribution is 6.04. The van der Waals surface area contributed by atoms with Gasteiger partial charge in [0.2, 0.25) is 0 Å². The van der Waals surface area contributed by atoms with Gasteiger partial charge in [0, 0.05) is 17.8 Å². The van der Waals surface area contributed by atoms with E-state index in [-0.39, 0.29) is 35.7 Å². The molecule has 1 saturated heterocycles. The van der Waals surface area contributed by atoms with Crippen molar-refractivity contribution in [2.24, 2.45) is 10.9 Å². The lowest BCUT2D eigenvalue weighted by Gasteiger charge is -2.34. The van der Waals surface area contributed by atoms with Gasteiger partial charge in [-0.15, -0.1) is 0 Å². The zero-order valence-electron chi connectivity index (χ0n) is 18.6. The average Bonchev–Trinajstić information content (AvgIpc) is 2.79. The molecule has 3 rings (SSSR count). The maximum atomic E-state index is 14.3. The third kappa shape index (κ3) is 5.29. The molecule has 0 radical (unpaired) electrons. The maximum absolute atomic E-state index is 14.3. The minimum Gasteiger partial charge on any atom is -0.409 e. The van der Waals surface area contributed by atoms with Gasteiger partial charge in [-0.2, -0.15) is 0 Å². The third-order valence-corrected chi connectivity index (χ3v) is 5.35. The standard InChI is InChI=1S/C23H27FN4O5/c1-23(2,3)14-5-7-15(8-6-14)28-10-11-33-19(22(28)31)18(29)21(30)26-17-9-4-13(12-16(17)24)20(25)27-32/h4-9,12,18-19,29,32H,10-11H2,1-3H3,(H2,25,27)(H,26,30)/t18-,19-/m1/s1. The summed E-state index contributed by atoms with van der Waals surface area (Å²) in [6.45, 7) is 6.63. The molecule has 0 saturated carbocycles. The van der Waals surface area contributed by atoms with Gasteiger partial charge in [0.25, 0.3) is 11.8 Å². The van der Waals surface area contributed by atoms with Crippen molar-refractivity contribution in [3.63, 3.8) is 0 Å². The molecule has 1 aliphatic heterocycles. The van der Waals surface area contributed by atoms with Crippen LogP contribution >= 0.6 is 0 Å². The van der Waals surface area contributed by atoms with Gasteiger partial charge < -0.3 is 31.0 Å². The second-order valence-electron chi connectivity index (χ2n) is 8.69. The van der Waals surface area contributed by atoms with Gasteiger partial charge in [0.1, 0.15) is 5.82 Å². The molecule has 33 heavy (non-hydrogen) atoms. The van der Waals surface area contributed by atoms with Crippen LogP contribution in [0.15, 0.2) is 47.6 Å². The Balaban J connectivity index is 1.72. The quantitative estimate of drug-likeness (QED) is 0.234. The monoisotopic (exact) mass is 458 g/mol. The van der Waals surface area contributed by atoms with E-state index in [0.717, 1.165) is 11.6 Å². The van der Waals surface area contributed by atoms with Crippen molar-refractivity contribution < 1.29 is 29.0 Å². The van der Waals surface area contributed by atoms with Crippen LogP contribution < -0.4 is 16.0 Å². The number of carbonyl (C=O) groups excluding carboxylic acids is 2. The van der Waals surface area contributed by atoms with Crippen molar-refractivity contribution in [2.45, 2.75) is 38.4 Å². The van der Waals surface area contributed by atoms with E-state index in [0.29, 0.717) is 5.69 Å². The highest BCUT2D eigenvalue weighted by atomic mass is 19.1. The van der Waals surface area contributed by atoms with Crippen molar-refractivity contribution in [3.05, 3.63) is 59.4 Å². The second-order valence-corrected chi connectivity index (χ2v) is 8.69. The SMILES string of the molecule is CC(C)(C)c1ccc(N2CCO[C@H]([C@@H](O)C(=O)Nc3ccc(C(N)=NO)cc3F)C2=O)cc1. The number of amidine groups is 1. The Bertz CT molecular complexity index is 1070. The van der Waals surface area contributed by atoms with Crippen LogP contribution in [0.4, 0.5) is 15.8 Å². The first-order valence-corrected chi connectivity index (χ1v) is 10.3. The Hall–Kier alpha value is -3.50. The molecule has 176 valence electrons. The number of aliphatic hydroxyl groups is 1. The van der Waals surface area contributed by atoms with Crippen molar-refractivity contribution in [1.82, 2.24) is 0 Å². The molecule has 1 fully saturated rings. The number of hydrogen-bond donors (Lipinski definition) is 4. The number of morpholine rings is 1. The molecule has 0 unspecified atom stereocenters. The Labute approximate surface area is 190 Å². The Morgan fingerprint density at radius 1 is 1.27 bits per heavy atom. The number of carbonyl (C=O) groups is 2. The van der Waals surface area contributed by atoms with Crippen LogP contribution in [0.2, 0.25) is 0 Å². The number of nitrogens with zero attached hydrogens (tertiary/aromatic N) is 2. The number of nitrogens with two attached hydrogens (primary N) is 1. The molecule has 2 amide bonds. The van der Waals surface area contributed by atoms with Crippen molar-refractivity contribution >= 4 is 29.0 Å². The van der Waals surface area contributed by atoms with Crippen LogP contribution in [-0.4, -0.2) is 53.3 Å². The van der Waals surface area contributed by atoms with E-state index in [9.17, 15) is 19.1 Å². The number of halogens is 1. The number of ether oxygens (including phenoxy) is 1. The Morgan fingerprint density at radius 2 is 1.94 bits per heavy atom. The number of benzene rings is 2.